The van der Waals surface area contributed by atoms with Gasteiger partial charge in [0.05, 0.1) is 7.11 Å². The van der Waals surface area contributed by atoms with Gasteiger partial charge in [-0.05, 0) is 42.5 Å². The lowest BCUT2D eigenvalue weighted by Crippen LogP contribution is -1.94. The lowest BCUT2D eigenvalue weighted by Gasteiger charge is -2.13. The molecule has 2 aromatic carbocycles. The number of hydrogen-bond acceptors (Lipinski definition) is 3. The van der Waals surface area contributed by atoms with E-state index in [1.165, 1.54) is 24.3 Å². The van der Waals surface area contributed by atoms with Gasteiger partial charge in [0.2, 0.25) is 5.88 Å². The molecule has 0 amide bonds. The van der Waals surface area contributed by atoms with E-state index in [0.717, 1.165) is 11.1 Å². The molecule has 1 heterocycles. The second-order valence-electron chi connectivity index (χ2n) is 5.03. The van der Waals surface area contributed by atoms with Crippen LogP contribution in [0.1, 0.15) is 12.0 Å². The van der Waals surface area contributed by atoms with E-state index in [1.54, 1.807) is 19.4 Å². The Morgan fingerprint density at radius 1 is 0.875 bits per heavy atom. The first-order valence-corrected chi connectivity index (χ1v) is 7.33. The number of halogens is 2. The van der Waals surface area contributed by atoms with Crippen molar-refractivity contribution in [2.75, 3.05) is 7.11 Å². The Kier molecular flexibility index (Phi) is 4.70. The molecule has 3 aromatic rings. The summed E-state index contributed by atoms with van der Waals surface area (Å²) in [7, 11) is 1.60. The van der Waals surface area contributed by atoms with Gasteiger partial charge in [0.1, 0.15) is 11.5 Å². The van der Waals surface area contributed by atoms with Crippen LogP contribution in [0, 0.1) is 0 Å². The van der Waals surface area contributed by atoms with Crippen LogP contribution < -0.4 is 9.47 Å². The second-order valence-corrected chi connectivity index (χ2v) is 5.03. The van der Waals surface area contributed by atoms with Crippen molar-refractivity contribution in [3.8, 4) is 28.5 Å². The van der Waals surface area contributed by atoms with Crippen LogP contribution >= 0.6 is 0 Å². The lowest BCUT2D eigenvalue weighted by molar-refractivity contribution is 0.151. The van der Waals surface area contributed by atoms with Crippen molar-refractivity contribution in [1.29, 1.82) is 0 Å². The molecule has 0 N–H and O–H groups in total. The zero-order chi connectivity index (χ0) is 16.9. The van der Waals surface area contributed by atoms with Crippen LogP contribution in [0.25, 0.3) is 11.1 Å². The van der Waals surface area contributed by atoms with E-state index in [1.807, 2.05) is 30.3 Å². The van der Waals surface area contributed by atoms with Crippen LogP contribution in [0.4, 0.5) is 8.78 Å². The van der Waals surface area contributed by atoms with Crippen LogP contribution in [-0.2, 0) is 0 Å². The highest BCUT2D eigenvalue weighted by molar-refractivity contribution is 5.74. The summed E-state index contributed by atoms with van der Waals surface area (Å²) in [6.45, 7) is 0. The quantitative estimate of drug-likeness (QED) is 0.621. The Hall–Kier alpha value is -2.95. The van der Waals surface area contributed by atoms with Crippen LogP contribution in [-0.4, -0.2) is 12.1 Å². The Morgan fingerprint density at radius 3 is 2.29 bits per heavy atom. The van der Waals surface area contributed by atoms with Crippen molar-refractivity contribution < 1.29 is 18.3 Å². The summed E-state index contributed by atoms with van der Waals surface area (Å²) in [6, 6.07) is 16.9. The Morgan fingerprint density at radius 2 is 1.58 bits per heavy atom. The van der Waals surface area contributed by atoms with Crippen LogP contribution in [0.15, 0.2) is 66.9 Å². The maximum absolute atomic E-state index is 12.6. The lowest BCUT2D eigenvalue weighted by atomic mass is 10.1. The number of methoxy groups -OCH3 is 1. The van der Waals surface area contributed by atoms with Gasteiger partial charge in [0, 0.05) is 22.9 Å². The first-order valence-electron chi connectivity index (χ1n) is 7.33. The van der Waals surface area contributed by atoms with Crippen molar-refractivity contribution in [2.45, 2.75) is 6.43 Å². The van der Waals surface area contributed by atoms with Crippen molar-refractivity contribution in [2.24, 2.45) is 0 Å². The first kappa shape index (κ1) is 15.9. The minimum Gasteiger partial charge on any atom is -0.496 e. The Labute approximate surface area is 138 Å². The van der Waals surface area contributed by atoms with E-state index in [4.69, 9.17) is 9.47 Å². The van der Waals surface area contributed by atoms with E-state index in [2.05, 4.69) is 4.98 Å². The summed E-state index contributed by atoms with van der Waals surface area (Å²) in [6.07, 6.45) is -0.889. The summed E-state index contributed by atoms with van der Waals surface area (Å²) in [4.78, 5) is 4.26. The molecule has 0 saturated heterocycles. The molecule has 0 fully saturated rings. The number of rotatable bonds is 5. The van der Waals surface area contributed by atoms with Crippen LogP contribution in [0.2, 0.25) is 0 Å². The third kappa shape index (κ3) is 3.35. The third-order valence-electron chi connectivity index (χ3n) is 3.51. The SMILES string of the molecule is COc1ccccc1-c1cccnc1Oc1ccc(C(F)F)cc1. The molecule has 0 spiro atoms. The zero-order valence-corrected chi connectivity index (χ0v) is 12.9. The normalized spacial score (nSPS) is 10.7. The minimum absolute atomic E-state index is 0.0478. The topological polar surface area (TPSA) is 31.4 Å². The fraction of sp³-hybridized carbons (Fsp3) is 0.105. The number of nitrogens with zero attached hydrogens (tertiary/aromatic N) is 1. The van der Waals surface area contributed by atoms with E-state index in [0.29, 0.717) is 17.4 Å². The summed E-state index contributed by atoms with van der Waals surface area (Å²) in [5.74, 6) is 1.52. The predicted octanol–water partition coefficient (Wildman–Crippen LogP) is 5.49. The summed E-state index contributed by atoms with van der Waals surface area (Å²) >= 11 is 0. The van der Waals surface area contributed by atoms with E-state index in [-0.39, 0.29) is 5.56 Å². The molecule has 3 nitrogen and oxygen atoms in total. The standard InChI is InChI=1S/C19H15F2NO2/c1-23-17-7-3-2-5-15(17)16-6-4-12-22-19(16)24-14-10-8-13(9-11-14)18(20)21/h2-12,18H,1H3. The number of para-hydroxylation sites is 1. The fourth-order valence-electron chi connectivity index (χ4n) is 2.34. The van der Waals surface area contributed by atoms with E-state index >= 15 is 0 Å². The number of pyridine rings is 1. The van der Waals surface area contributed by atoms with Gasteiger partial charge in [0.15, 0.2) is 0 Å². The van der Waals surface area contributed by atoms with E-state index in [9.17, 15) is 8.78 Å². The second kappa shape index (κ2) is 7.08. The number of benzene rings is 2. The van der Waals surface area contributed by atoms with Gasteiger partial charge in [-0.2, -0.15) is 0 Å². The van der Waals surface area contributed by atoms with Gasteiger partial charge >= 0.3 is 0 Å². The van der Waals surface area contributed by atoms with Gasteiger partial charge in [-0.15, -0.1) is 0 Å². The fourth-order valence-corrected chi connectivity index (χ4v) is 2.34. The molecule has 5 heteroatoms. The number of ether oxygens (including phenoxy) is 2. The first-order chi connectivity index (χ1) is 11.7. The molecule has 0 unspecified atom stereocenters. The summed E-state index contributed by atoms with van der Waals surface area (Å²) < 4.78 is 36.4. The molecule has 24 heavy (non-hydrogen) atoms. The van der Waals surface area contributed by atoms with Crippen molar-refractivity contribution in [3.63, 3.8) is 0 Å². The predicted molar refractivity (Wildman–Crippen MR) is 87.7 cm³/mol. The maximum Gasteiger partial charge on any atom is 0.263 e. The Bertz CT molecular complexity index is 820. The van der Waals surface area contributed by atoms with Crippen molar-refractivity contribution >= 4 is 0 Å². The van der Waals surface area contributed by atoms with Gasteiger partial charge in [0.25, 0.3) is 6.43 Å². The molecule has 122 valence electrons. The monoisotopic (exact) mass is 327 g/mol. The molecule has 0 radical (unpaired) electrons. The molecule has 0 saturated carbocycles. The number of alkyl halides is 2. The van der Waals surface area contributed by atoms with Gasteiger partial charge < -0.3 is 9.47 Å². The van der Waals surface area contributed by atoms with Crippen LogP contribution in [0.5, 0.6) is 17.4 Å². The Balaban J connectivity index is 1.95. The van der Waals surface area contributed by atoms with Gasteiger partial charge in [-0.25, -0.2) is 13.8 Å². The van der Waals surface area contributed by atoms with Crippen molar-refractivity contribution in [3.05, 3.63) is 72.4 Å². The van der Waals surface area contributed by atoms with Crippen molar-refractivity contribution in [1.82, 2.24) is 4.98 Å². The smallest absolute Gasteiger partial charge is 0.263 e. The molecule has 0 aliphatic heterocycles. The molecular formula is C19H15F2NO2. The zero-order valence-electron chi connectivity index (χ0n) is 12.9. The average Bonchev–Trinajstić information content (AvgIpc) is 2.62. The van der Waals surface area contributed by atoms with Crippen LogP contribution in [0.3, 0.4) is 0 Å². The molecule has 0 aliphatic carbocycles. The largest absolute Gasteiger partial charge is 0.496 e. The molecule has 1 aromatic heterocycles. The summed E-state index contributed by atoms with van der Waals surface area (Å²) in [5.41, 5.74) is 1.55. The molecule has 3 rings (SSSR count). The van der Waals surface area contributed by atoms with Gasteiger partial charge in [-0.3, -0.25) is 0 Å². The highest BCUT2D eigenvalue weighted by atomic mass is 19.3. The molecule has 0 aliphatic rings. The highest BCUT2D eigenvalue weighted by Gasteiger charge is 2.13. The summed E-state index contributed by atoms with van der Waals surface area (Å²) in [5, 5.41) is 0. The number of hydrogen-bond donors (Lipinski definition) is 0. The molecular weight excluding hydrogens is 312 g/mol. The molecule has 0 atom stereocenters. The van der Waals surface area contributed by atoms with Gasteiger partial charge in [-0.1, -0.05) is 18.2 Å². The third-order valence-corrected chi connectivity index (χ3v) is 3.51. The maximum atomic E-state index is 12.6. The highest BCUT2D eigenvalue weighted by Crippen LogP contribution is 2.36. The minimum atomic E-state index is -2.50. The number of aromatic nitrogens is 1. The molecule has 0 bridgehead atoms. The average molecular weight is 327 g/mol. The van der Waals surface area contributed by atoms with E-state index < -0.39 is 6.43 Å².